The third-order valence-electron chi connectivity index (χ3n) is 5.24. The standard InChI is InChI=1S/C23H26F2O2/c24-17-9-12-23(25)22(15-17)21-8-5-6-16-14-18(27)10-11-19(16)20(21)7-3-1-2-4-13-26/h9-12,14-15,26-27H,1-8,13H2. The van der Waals surface area contributed by atoms with E-state index in [0.29, 0.717) is 12.0 Å². The number of aliphatic hydroxyl groups excluding tert-OH is 1. The zero-order valence-electron chi connectivity index (χ0n) is 15.5. The molecule has 1 aliphatic rings. The number of aryl methyl sites for hydroxylation is 1. The van der Waals surface area contributed by atoms with Crippen molar-refractivity contribution in [3.63, 3.8) is 0 Å². The van der Waals surface area contributed by atoms with Gasteiger partial charge in [0.2, 0.25) is 0 Å². The number of unbranched alkanes of at least 4 members (excludes halogenated alkanes) is 3. The highest BCUT2D eigenvalue weighted by Crippen LogP contribution is 2.40. The molecule has 0 fully saturated rings. The molecular weight excluding hydrogens is 346 g/mol. The Morgan fingerprint density at radius 3 is 2.48 bits per heavy atom. The molecule has 2 nitrogen and oxygen atoms in total. The second-order valence-electron chi connectivity index (χ2n) is 7.16. The summed E-state index contributed by atoms with van der Waals surface area (Å²) >= 11 is 0. The summed E-state index contributed by atoms with van der Waals surface area (Å²) < 4.78 is 28.3. The van der Waals surface area contributed by atoms with Crippen LogP contribution < -0.4 is 0 Å². The lowest BCUT2D eigenvalue weighted by molar-refractivity contribution is 0.282. The summed E-state index contributed by atoms with van der Waals surface area (Å²) in [6.45, 7) is 0.199. The fourth-order valence-corrected chi connectivity index (χ4v) is 3.93. The van der Waals surface area contributed by atoms with Crippen LogP contribution in [-0.4, -0.2) is 16.8 Å². The lowest BCUT2D eigenvalue weighted by Crippen LogP contribution is -1.97. The Balaban J connectivity index is 2.03. The van der Waals surface area contributed by atoms with Gasteiger partial charge in [-0.1, -0.05) is 18.9 Å². The second kappa shape index (κ2) is 9.14. The van der Waals surface area contributed by atoms with E-state index in [1.54, 1.807) is 12.1 Å². The molecule has 1 aliphatic carbocycles. The van der Waals surface area contributed by atoms with Gasteiger partial charge < -0.3 is 10.2 Å². The monoisotopic (exact) mass is 372 g/mol. The second-order valence-corrected chi connectivity index (χ2v) is 7.16. The van der Waals surface area contributed by atoms with Crippen molar-refractivity contribution in [1.82, 2.24) is 0 Å². The molecule has 3 rings (SSSR count). The Hall–Kier alpha value is -2.20. The Morgan fingerprint density at radius 1 is 0.852 bits per heavy atom. The third-order valence-corrected chi connectivity index (χ3v) is 5.24. The van der Waals surface area contributed by atoms with Gasteiger partial charge in [0, 0.05) is 12.2 Å². The van der Waals surface area contributed by atoms with Crippen molar-refractivity contribution < 1.29 is 19.0 Å². The average Bonchev–Trinajstić information content (AvgIpc) is 2.82. The van der Waals surface area contributed by atoms with Gasteiger partial charge in [0.05, 0.1) is 0 Å². The smallest absolute Gasteiger partial charge is 0.130 e. The maximum atomic E-state index is 14.5. The first kappa shape index (κ1) is 19.6. The lowest BCUT2D eigenvalue weighted by Gasteiger charge is -2.17. The molecule has 0 aliphatic heterocycles. The highest BCUT2D eigenvalue weighted by atomic mass is 19.1. The minimum absolute atomic E-state index is 0.199. The van der Waals surface area contributed by atoms with Crippen molar-refractivity contribution >= 4 is 11.1 Å². The number of benzene rings is 2. The maximum absolute atomic E-state index is 14.5. The van der Waals surface area contributed by atoms with Crippen LogP contribution in [0.15, 0.2) is 36.4 Å². The van der Waals surface area contributed by atoms with Crippen LogP contribution in [0, 0.1) is 11.6 Å². The van der Waals surface area contributed by atoms with Gasteiger partial charge in [0.15, 0.2) is 0 Å². The van der Waals surface area contributed by atoms with E-state index >= 15 is 0 Å². The van der Waals surface area contributed by atoms with E-state index in [2.05, 4.69) is 0 Å². The molecular formula is C23H26F2O2. The summed E-state index contributed by atoms with van der Waals surface area (Å²) in [5.74, 6) is -0.598. The molecule has 0 atom stereocenters. The van der Waals surface area contributed by atoms with Crippen molar-refractivity contribution in [3.05, 3.63) is 64.7 Å². The van der Waals surface area contributed by atoms with Crippen molar-refractivity contribution in [1.29, 1.82) is 0 Å². The summed E-state index contributed by atoms with van der Waals surface area (Å²) in [5.41, 5.74) is 4.37. The Bertz CT molecular complexity index is 827. The van der Waals surface area contributed by atoms with E-state index in [9.17, 15) is 13.9 Å². The first-order valence-electron chi connectivity index (χ1n) is 9.70. The van der Waals surface area contributed by atoms with Gasteiger partial charge in [-0.3, -0.25) is 0 Å². The first-order valence-corrected chi connectivity index (χ1v) is 9.70. The van der Waals surface area contributed by atoms with Crippen LogP contribution in [0.2, 0.25) is 0 Å². The van der Waals surface area contributed by atoms with E-state index in [0.717, 1.165) is 73.3 Å². The van der Waals surface area contributed by atoms with Gasteiger partial charge >= 0.3 is 0 Å². The van der Waals surface area contributed by atoms with E-state index in [4.69, 9.17) is 5.11 Å². The number of phenolic OH excluding ortho intramolecular Hbond substituents is 1. The summed E-state index contributed by atoms with van der Waals surface area (Å²) in [4.78, 5) is 0. The number of aliphatic hydroxyl groups is 1. The van der Waals surface area contributed by atoms with Gasteiger partial charge in [-0.05, 0) is 91.1 Å². The number of halogens is 2. The quantitative estimate of drug-likeness (QED) is 0.598. The predicted molar refractivity (Wildman–Crippen MR) is 104 cm³/mol. The summed E-state index contributed by atoms with van der Waals surface area (Å²) in [6.07, 6.45) is 6.74. The molecule has 2 aromatic rings. The van der Waals surface area contributed by atoms with E-state index in [1.807, 2.05) is 6.07 Å². The fourth-order valence-electron chi connectivity index (χ4n) is 3.93. The highest BCUT2D eigenvalue weighted by molar-refractivity contribution is 5.92. The minimum atomic E-state index is -0.434. The number of allylic oxidation sites excluding steroid dienone is 2. The minimum Gasteiger partial charge on any atom is -0.508 e. The molecule has 0 saturated carbocycles. The zero-order valence-corrected chi connectivity index (χ0v) is 15.5. The molecule has 144 valence electrons. The number of phenols is 1. The van der Waals surface area contributed by atoms with E-state index < -0.39 is 11.6 Å². The largest absolute Gasteiger partial charge is 0.508 e. The van der Waals surface area contributed by atoms with Crippen LogP contribution in [0.25, 0.3) is 11.1 Å². The molecule has 27 heavy (non-hydrogen) atoms. The SMILES string of the molecule is OCCCCCCC1=C(c2cc(F)ccc2F)CCCc2cc(O)ccc21. The number of rotatable bonds is 7. The molecule has 0 aromatic heterocycles. The van der Waals surface area contributed by atoms with Crippen molar-refractivity contribution in [3.8, 4) is 5.75 Å². The van der Waals surface area contributed by atoms with Crippen molar-refractivity contribution in [2.45, 2.75) is 51.4 Å². The van der Waals surface area contributed by atoms with Crippen LogP contribution in [0.3, 0.4) is 0 Å². The predicted octanol–water partition coefficient (Wildman–Crippen LogP) is 5.86. The van der Waals surface area contributed by atoms with Crippen molar-refractivity contribution in [2.24, 2.45) is 0 Å². The first-order chi connectivity index (χ1) is 13.1. The number of aromatic hydroxyl groups is 1. The van der Waals surface area contributed by atoms with Gasteiger partial charge in [-0.25, -0.2) is 8.78 Å². The summed E-state index contributed by atoms with van der Waals surface area (Å²) in [7, 11) is 0. The Labute approximate surface area is 159 Å². The van der Waals surface area contributed by atoms with Crippen LogP contribution >= 0.6 is 0 Å². The molecule has 0 saturated heterocycles. The van der Waals surface area contributed by atoms with Crippen LogP contribution in [0.4, 0.5) is 8.78 Å². The Morgan fingerprint density at radius 2 is 1.67 bits per heavy atom. The van der Waals surface area contributed by atoms with E-state index in [-0.39, 0.29) is 12.4 Å². The normalized spacial score (nSPS) is 14.2. The summed E-state index contributed by atoms with van der Waals surface area (Å²) in [5, 5.41) is 18.8. The molecule has 2 aromatic carbocycles. The summed E-state index contributed by atoms with van der Waals surface area (Å²) in [6, 6.07) is 8.98. The van der Waals surface area contributed by atoms with Crippen LogP contribution in [0.5, 0.6) is 5.75 Å². The van der Waals surface area contributed by atoms with Crippen LogP contribution in [0.1, 0.15) is 61.6 Å². The molecule has 2 N–H and O–H groups in total. The molecule has 0 amide bonds. The van der Waals surface area contributed by atoms with Gasteiger partial charge in [0.25, 0.3) is 0 Å². The average molecular weight is 372 g/mol. The lowest BCUT2D eigenvalue weighted by atomic mass is 9.88. The zero-order chi connectivity index (χ0) is 19.2. The topological polar surface area (TPSA) is 40.5 Å². The third kappa shape index (κ3) is 4.75. The van der Waals surface area contributed by atoms with Gasteiger partial charge in [-0.2, -0.15) is 0 Å². The molecule has 0 radical (unpaired) electrons. The van der Waals surface area contributed by atoms with Gasteiger partial charge in [-0.15, -0.1) is 0 Å². The number of hydrogen-bond acceptors (Lipinski definition) is 2. The molecule has 4 heteroatoms. The number of fused-ring (bicyclic) bond motifs is 1. The Kier molecular flexibility index (Phi) is 6.62. The maximum Gasteiger partial charge on any atom is 0.130 e. The molecule has 0 bridgehead atoms. The van der Waals surface area contributed by atoms with Crippen LogP contribution in [-0.2, 0) is 6.42 Å². The fraction of sp³-hybridized carbons (Fsp3) is 0.391. The molecule has 0 unspecified atom stereocenters. The molecule has 0 heterocycles. The molecule has 0 spiro atoms. The van der Waals surface area contributed by atoms with E-state index in [1.165, 1.54) is 12.1 Å². The van der Waals surface area contributed by atoms with Crippen molar-refractivity contribution in [2.75, 3.05) is 6.61 Å². The highest BCUT2D eigenvalue weighted by Gasteiger charge is 2.21. The van der Waals surface area contributed by atoms with Gasteiger partial charge in [0.1, 0.15) is 17.4 Å². The number of hydrogen-bond donors (Lipinski definition) is 2.